The van der Waals surface area contributed by atoms with Crippen LogP contribution in [0.25, 0.3) is 0 Å². The number of aliphatic imine (C=N–C) groups is 1. The van der Waals surface area contributed by atoms with Crippen molar-refractivity contribution in [3.8, 4) is 5.75 Å². The Morgan fingerprint density at radius 2 is 2.18 bits per heavy atom. The molecule has 1 heterocycles. The van der Waals surface area contributed by atoms with Crippen molar-refractivity contribution in [2.24, 2.45) is 4.99 Å². The zero-order valence-corrected chi connectivity index (χ0v) is 9.93. The van der Waals surface area contributed by atoms with Gasteiger partial charge in [-0.25, -0.2) is 4.79 Å². The van der Waals surface area contributed by atoms with Gasteiger partial charge in [0.05, 0.1) is 5.69 Å². The Balaban J connectivity index is 1.98. The molecule has 0 saturated carbocycles. The summed E-state index contributed by atoms with van der Waals surface area (Å²) in [4.78, 5) is 16.1. The van der Waals surface area contributed by atoms with E-state index in [0.29, 0.717) is 5.69 Å². The van der Waals surface area contributed by atoms with Gasteiger partial charge in [0, 0.05) is 19.2 Å². The number of isocyanates is 1. The van der Waals surface area contributed by atoms with Crippen LogP contribution >= 0.6 is 0 Å². The highest BCUT2D eigenvalue weighted by Crippen LogP contribution is 2.23. The van der Waals surface area contributed by atoms with Crippen LogP contribution in [0.3, 0.4) is 0 Å². The molecule has 1 saturated heterocycles. The first-order chi connectivity index (χ1) is 8.28. The third-order valence-corrected chi connectivity index (χ3v) is 2.96. The smallest absolute Gasteiger partial charge is 0.240 e. The molecule has 0 spiro atoms. The number of hydrogen-bond donors (Lipinski definition) is 0. The zero-order chi connectivity index (χ0) is 12.1. The molecule has 2 rings (SSSR count). The van der Waals surface area contributed by atoms with Gasteiger partial charge in [-0.1, -0.05) is 6.07 Å². The summed E-state index contributed by atoms with van der Waals surface area (Å²) in [7, 11) is 2.12. The minimum Gasteiger partial charge on any atom is -0.490 e. The van der Waals surface area contributed by atoms with E-state index < -0.39 is 0 Å². The van der Waals surface area contributed by atoms with Crippen LogP contribution in [0.15, 0.2) is 29.3 Å². The number of likely N-dealkylation sites (tertiary alicyclic amines) is 1. The van der Waals surface area contributed by atoms with Gasteiger partial charge >= 0.3 is 0 Å². The van der Waals surface area contributed by atoms with Crippen LogP contribution in [-0.2, 0) is 4.79 Å². The number of ether oxygens (including phenoxy) is 1. The Morgan fingerprint density at radius 1 is 1.41 bits per heavy atom. The molecule has 1 aromatic carbocycles. The standard InChI is InChI=1S/C13H16N2O2/c1-15-7-5-12(6-8-15)17-13-4-2-3-11(9-13)14-10-16/h2-4,9,12H,5-8H2,1H3. The van der Waals surface area contributed by atoms with Gasteiger partial charge in [0.1, 0.15) is 11.9 Å². The molecular formula is C13H16N2O2. The van der Waals surface area contributed by atoms with Crippen LogP contribution in [0.5, 0.6) is 5.75 Å². The molecule has 4 heteroatoms. The number of benzene rings is 1. The van der Waals surface area contributed by atoms with Gasteiger partial charge in [0.25, 0.3) is 0 Å². The fourth-order valence-electron chi connectivity index (χ4n) is 1.97. The predicted molar refractivity (Wildman–Crippen MR) is 65.4 cm³/mol. The first kappa shape index (κ1) is 11.8. The van der Waals surface area contributed by atoms with Gasteiger partial charge in [-0.05, 0) is 32.0 Å². The molecule has 1 aliphatic rings. The molecule has 1 aromatic rings. The van der Waals surface area contributed by atoms with Crippen molar-refractivity contribution >= 4 is 11.8 Å². The Labute approximate surface area is 101 Å². The van der Waals surface area contributed by atoms with Gasteiger partial charge in [0.15, 0.2) is 0 Å². The Morgan fingerprint density at radius 3 is 2.88 bits per heavy atom. The fourth-order valence-corrected chi connectivity index (χ4v) is 1.97. The van der Waals surface area contributed by atoms with E-state index in [2.05, 4.69) is 16.9 Å². The van der Waals surface area contributed by atoms with E-state index in [0.717, 1.165) is 31.7 Å². The molecule has 0 aliphatic carbocycles. The van der Waals surface area contributed by atoms with Gasteiger partial charge in [-0.2, -0.15) is 4.99 Å². The van der Waals surface area contributed by atoms with E-state index in [4.69, 9.17) is 4.74 Å². The number of nitrogens with zero attached hydrogens (tertiary/aromatic N) is 2. The van der Waals surface area contributed by atoms with Crippen LogP contribution in [0.1, 0.15) is 12.8 Å². The number of rotatable bonds is 3. The van der Waals surface area contributed by atoms with E-state index in [-0.39, 0.29) is 6.10 Å². The Bertz CT molecular complexity index is 419. The summed E-state index contributed by atoms with van der Waals surface area (Å²) in [5.74, 6) is 0.774. The van der Waals surface area contributed by atoms with Gasteiger partial charge < -0.3 is 9.64 Å². The number of carbonyl (C=O) groups excluding carboxylic acids is 1. The fraction of sp³-hybridized carbons (Fsp3) is 0.462. The van der Waals surface area contributed by atoms with E-state index >= 15 is 0 Å². The first-order valence-electron chi connectivity index (χ1n) is 5.81. The third kappa shape index (κ3) is 3.41. The second-order valence-electron chi connectivity index (χ2n) is 4.32. The normalized spacial score (nSPS) is 17.5. The van der Waals surface area contributed by atoms with Crippen molar-refractivity contribution in [2.45, 2.75) is 18.9 Å². The lowest BCUT2D eigenvalue weighted by Crippen LogP contribution is -2.35. The van der Waals surface area contributed by atoms with Crippen molar-refractivity contribution in [2.75, 3.05) is 20.1 Å². The first-order valence-corrected chi connectivity index (χ1v) is 5.81. The van der Waals surface area contributed by atoms with Gasteiger partial charge in [0.2, 0.25) is 6.08 Å². The SMILES string of the molecule is CN1CCC(Oc2cccc(N=C=O)c2)CC1. The van der Waals surface area contributed by atoms with Crippen LogP contribution < -0.4 is 4.74 Å². The number of piperidine rings is 1. The summed E-state index contributed by atoms with van der Waals surface area (Å²) >= 11 is 0. The Kier molecular flexibility index (Phi) is 3.91. The molecule has 0 atom stereocenters. The van der Waals surface area contributed by atoms with Crippen LogP contribution in [0.2, 0.25) is 0 Å². The average Bonchev–Trinajstić information content (AvgIpc) is 2.33. The van der Waals surface area contributed by atoms with Gasteiger partial charge in [-0.15, -0.1) is 0 Å². The minimum atomic E-state index is 0.265. The summed E-state index contributed by atoms with van der Waals surface area (Å²) in [5.41, 5.74) is 0.588. The molecular weight excluding hydrogens is 216 g/mol. The van der Waals surface area contributed by atoms with Crippen molar-refractivity contribution in [1.82, 2.24) is 4.90 Å². The maximum Gasteiger partial charge on any atom is 0.240 e. The molecule has 0 bridgehead atoms. The predicted octanol–water partition coefficient (Wildman–Crippen LogP) is 2.13. The lowest BCUT2D eigenvalue weighted by atomic mass is 10.1. The quantitative estimate of drug-likeness (QED) is 0.592. The lowest BCUT2D eigenvalue weighted by Gasteiger charge is -2.29. The molecule has 0 unspecified atom stereocenters. The summed E-state index contributed by atoms with van der Waals surface area (Å²) in [6, 6.07) is 7.25. The zero-order valence-electron chi connectivity index (χ0n) is 9.93. The summed E-state index contributed by atoms with van der Waals surface area (Å²) in [6.07, 6.45) is 3.88. The van der Waals surface area contributed by atoms with Crippen LogP contribution in [-0.4, -0.2) is 37.2 Å². The molecule has 1 aliphatic heterocycles. The molecule has 90 valence electrons. The highest BCUT2D eigenvalue weighted by Gasteiger charge is 2.17. The van der Waals surface area contributed by atoms with E-state index in [1.165, 1.54) is 6.08 Å². The topological polar surface area (TPSA) is 41.9 Å². The van der Waals surface area contributed by atoms with Gasteiger partial charge in [-0.3, -0.25) is 0 Å². The monoisotopic (exact) mass is 232 g/mol. The largest absolute Gasteiger partial charge is 0.490 e. The van der Waals surface area contributed by atoms with Crippen LogP contribution in [0.4, 0.5) is 5.69 Å². The van der Waals surface area contributed by atoms with Crippen molar-refractivity contribution < 1.29 is 9.53 Å². The minimum absolute atomic E-state index is 0.265. The summed E-state index contributed by atoms with van der Waals surface area (Å²) in [6.45, 7) is 2.13. The molecule has 0 aromatic heterocycles. The van der Waals surface area contributed by atoms with Crippen molar-refractivity contribution in [3.05, 3.63) is 24.3 Å². The summed E-state index contributed by atoms with van der Waals surface area (Å²) < 4.78 is 5.87. The molecule has 4 nitrogen and oxygen atoms in total. The Hall–Kier alpha value is -1.64. The second-order valence-corrected chi connectivity index (χ2v) is 4.32. The molecule has 0 amide bonds. The molecule has 0 N–H and O–H groups in total. The van der Waals surface area contributed by atoms with E-state index in [1.54, 1.807) is 12.1 Å². The van der Waals surface area contributed by atoms with Crippen LogP contribution in [0, 0.1) is 0 Å². The van der Waals surface area contributed by atoms with Crippen molar-refractivity contribution in [3.63, 3.8) is 0 Å². The van der Waals surface area contributed by atoms with Crippen molar-refractivity contribution in [1.29, 1.82) is 0 Å². The molecule has 17 heavy (non-hydrogen) atoms. The average molecular weight is 232 g/mol. The maximum atomic E-state index is 10.2. The van der Waals surface area contributed by atoms with E-state index in [1.807, 2.05) is 12.1 Å². The summed E-state index contributed by atoms with van der Waals surface area (Å²) in [5, 5.41) is 0. The lowest BCUT2D eigenvalue weighted by molar-refractivity contribution is 0.114. The third-order valence-electron chi connectivity index (χ3n) is 2.96. The molecule has 1 fully saturated rings. The number of hydrogen-bond acceptors (Lipinski definition) is 4. The maximum absolute atomic E-state index is 10.2. The second kappa shape index (κ2) is 5.62. The van der Waals surface area contributed by atoms with E-state index in [9.17, 15) is 4.79 Å². The highest BCUT2D eigenvalue weighted by molar-refractivity contribution is 5.51. The molecule has 0 radical (unpaired) electrons. The highest BCUT2D eigenvalue weighted by atomic mass is 16.5.